The van der Waals surface area contributed by atoms with Gasteiger partial charge in [0.2, 0.25) is 0 Å². The number of amides is 1. The Hall–Kier alpha value is -0.460. The third-order valence-electron chi connectivity index (χ3n) is 0.960. The molecule has 1 amide bonds. The lowest BCUT2D eigenvalue weighted by Crippen LogP contribution is -2.29. The Kier molecular flexibility index (Phi) is 2.81. The van der Waals surface area contributed by atoms with E-state index in [0.29, 0.717) is 0 Å². The van der Waals surface area contributed by atoms with Gasteiger partial charge in [-0.3, -0.25) is 0 Å². The Morgan fingerprint density at radius 1 is 1.58 bits per heavy atom. The Bertz CT molecular complexity index is 230. The summed E-state index contributed by atoms with van der Waals surface area (Å²) in [7, 11) is 0. The molecule has 0 aromatic rings. The molecule has 5 heteroatoms. The number of ether oxygens (including phenoxy) is 1. The highest BCUT2D eigenvalue weighted by molar-refractivity contribution is 14.2. The summed E-state index contributed by atoms with van der Waals surface area (Å²) < 4.78 is 11.0. The molecule has 0 aromatic carbocycles. The lowest BCUT2D eigenvalue weighted by Gasteiger charge is -2.21. The highest BCUT2D eigenvalue weighted by atomic mass is 127. The molecule has 1 rings (SSSR count). The van der Waals surface area contributed by atoms with Crippen LogP contribution >= 0.6 is 21.0 Å². The number of hydrogen-bond donors (Lipinski definition) is 0. The topological polar surface area (TPSA) is 41.9 Å². The van der Waals surface area contributed by atoms with Gasteiger partial charge in [0.15, 0.2) is 0 Å². The minimum Gasteiger partial charge on any atom is -0.442 e. The van der Waals surface area contributed by atoms with Crippen molar-refractivity contribution in [3.8, 4) is 0 Å². The fourth-order valence-corrected chi connectivity index (χ4v) is 1.76. The maximum atomic E-state index is 11.2. The zero-order chi connectivity index (χ0) is 9.19. The summed E-state index contributed by atoms with van der Waals surface area (Å²) in [6.45, 7) is 5.50. The molecule has 0 aromatic heterocycles. The predicted molar refractivity (Wildman–Crippen MR) is 53.7 cm³/mol. The van der Waals surface area contributed by atoms with Crippen LogP contribution in [-0.4, -0.2) is 16.7 Å². The molecule has 0 radical (unpaired) electrons. The van der Waals surface area contributed by atoms with E-state index in [9.17, 15) is 4.79 Å². The molecule has 4 nitrogen and oxygen atoms in total. The van der Waals surface area contributed by atoms with Crippen LogP contribution in [0.2, 0.25) is 0 Å². The Morgan fingerprint density at radius 3 is 2.67 bits per heavy atom. The van der Waals surface area contributed by atoms with Gasteiger partial charge in [0.1, 0.15) is 5.60 Å². The van der Waals surface area contributed by atoms with Gasteiger partial charge in [0.05, 0.1) is 0 Å². The number of halogens is 1. The molecule has 0 unspecified atom stereocenters. The number of carbonyl (C=O) groups is 1. The average Bonchev–Trinajstić information content (AvgIpc) is 2.32. The number of nitrogens with zero attached hydrogens (tertiary/aromatic N) is 2. The van der Waals surface area contributed by atoms with E-state index in [1.165, 1.54) is 5.01 Å². The second-order valence-electron chi connectivity index (χ2n) is 3.27. The molecule has 1 aliphatic heterocycles. The van der Waals surface area contributed by atoms with E-state index in [1.54, 1.807) is 6.20 Å². The molecule has 1 heterocycles. The number of hydrogen-bond acceptors (Lipinski definition) is 3. The largest absolute Gasteiger partial charge is 0.442 e. The first-order chi connectivity index (χ1) is 5.49. The van der Waals surface area contributed by atoms with Crippen molar-refractivity contribution in [1.82, 2.24) is 5.01 Å². The lowest BCUT2D eigenvalue weighted by atomic mass is 10.2. The second kappa shape index (κ2) is 3.51. The quantitative estimate of drug-likeness (QED) is 0.641. The predicted octanol–water partition coefficient (Wildman–Crippen LogP) is 2.78. The van der Waals surface area contributed by atoms with E-state index in [2.05, 4.69) is 3.25 Å². The second-order valence-corrected chi connectivity index (χ2v) is 4.98. The van der Waals surface area contributed by atoms with Crippen molar-refractivity contribution < 1.29 is 9.53 Å². The van der Waals surface area contributed by atoms with E-state index in [-0.39, 0.29) is 21.0 Å². The van der Waals surface area contributed by atoms with E-state index >= 15 is 0 Å². The first-order valence-corrected chi connectivity index (χ1v) is 5.73. The first-order valence-electron chi connectivity index (χ1n) is 3.51. The summed E-state index contributed by atoms with van der Waals surface area (Å²) in [5.74, 6) is 0. The van der Waals surface area contributed by atoms with Crippen LogP contribution in [0.1, 0.15) is 20.8 Å². The maximum Gasteiger partial charge on any atom is 0.435 e. The lowest BCUT2D eigenvalue weighted by molar-refractivity contribution is 0.0348. The highest BCUT2D eigenvalue weighted by Crippen LogP contribution is 2.18. The van der Waals surface area contributed by atoms with Crippen LogP contribution in [0.4, 0.5) is 4.79 Å². The monoisotopic (exact) mass is 282 g/mol. The van der Waals surface area contributed by atoms with Crippen molar-refractivity contribution in [1.29, 1.82) is 0 Å². The summed E-state index contributed by atoms with van der Waals surface area (Å²) >= 11 is -0.305. The summed E-state index contributed by atoms with van der Waals surface area (Å²) in [6.07, 6.45) is 1.26. The van der Waals surface area contributed by atoms with Crippen LogP contribution in [0.3, 0.4) is 0 Å². The molecule has 0 saturated carbocycles. The van der Waals surface area contributed by atoms with Crippen molar-refractivity contribution in [2.75, 3.05) is 0 Å². The van der Waals surface area contributed by atoms with Gasteiger partial charge in [0, 0.05) is 31.3 Å². The van der Waals surface area contributed by atoms with Crippen LogP contribution in [0.15, 0.2) is 13.5 Å². The van der Waals surface area contributed by atoms with E-state index < -0.39 is 11.7 Å². The first kappa shape index (κ1) is 9.63. The summed E-state index contributed by atoms with van der Waals surface area (Å²) in [5.41, 5.74) is -0.443. The third-order valence-corrected chi connectivity index (χ3v) is 2.32. The molecule has 0 N–H and O–H groups in total. The Balaban J connectivity index is 2.49. The molecule has 0 saturated heterocycles. The van der Waals surface area contributed by atoms with Crippen LogP contribution in [0.25, 0.3) is 0 Å². The highest BCUT2D eigenvalue weighted by Gasteiger charge is 2.21. The van der Waals surface area contributed by atoms with Crippen LogP contribution < -0.4 is 0 Å². The van der Waals surface area contributed by atoms with Gasteiger partial charge in [-0.1, -0.05) is 0 Å². The summed E-state index contributed by atoms with van der Waals surface area (Å²) in [6, 6.07) is 0. The summed E-state index contributed by atoms with van der Waals surface area (Å²) in [5, 5.41) is 1.26. The Morgan fingerprint density at radius 2 is 2.25 bits per heavy atom. The fraction of sp³-hybridized carbons (Fsp3) is 0.571. The molecular weight excluding hydrogens is 271 g/mol. The van der Waals surface area contributed by atoms with Gasteiger partial charge in [0.25, 0.3) is 0 Å². The summed E-state index contributed by atoms with van der Waals surface area (Å²) in [4.78, 5) is 11.2. The third kappa shape index (κ3) is 2.88. The van der Waals surface area contributed by atoms with Gasteiger partial charge < -0.3 is 4.74 Å². The van der Waals surface area contributed by atoms with Crippen molar-refractivity contribution in [2.45, 2.75) is 26.4 Å². The van der Waals surface area contributed by atoms with Crippen molar-refractivity contribution in [2.24, 2.45) is 3.25 Å². The molecule has 1 aliphatic rings. The molecular formula is C7H11IN2O2. The smallest absolute Gasteiger partial charge is 0.435 e. The molecule has 0 fully saturated rings. The Labute approximate surface area is 81.7 Å². The van der Waals surface area contributed by atoms with Crippen molar-refractivity contribution in [3.63, 3.8) is 0 Å². The fourth-order valence-electron chi connectivity index (χ4n) is 0.576. The zero-order valence-corrected chi connectivity index (χ0v) is 9.40. The van der Waals surface area contributed by atoms with Crippen molar-refractivity contribution in [3.05, 3.63) is 10.3 Å². The van der Waals surface area contributed by atoms with Crippen molar-refractivity contribution >= 4 is 27.1 Å². The van der Waals surface area contributed by atoms with E-state index in [4.69, 9.17) is 4.74 Å². The standard InChI is InChI=1S/C7H11IN2O2/c1-7(2,3)12-6(11)10-5-4-8-9-10/h4-5H,1-3H3. The molecule has 0 atom stereocenters. The van der Waals surface area contributed by atoms with E-state index in [1.807, 2.05) is 24.9 Å². The van der Waals surface area contributed by atoms with Gasteiger partial charge in [-0.2, -0.15) is 5.01 Å². The number of carbonyl (C=O) groups excluding carboxylic acids is 1. The molecule has 68 valence electrons. The zero-order valence-electron chi connectivity index (χ0n) is 7.24. The maximum absolute atomic E-state index is 11.2. The average molecular weight is 282 g/mol. The minimum atomic E-state index is -0.443. The van der Waals surface area contributed by atoms with Crippen LogP contribution in [0, 0.1) is 0 Å². The number of rotatable bonds is 0. The van der Waals surface area contributed by atoms with Gasteiger partial charge in [-0.15, -0.1) is 3.25 Å². The SMILES string of the molecule is CC(C)(C)OC(=O)N1C=CI=N1. The molecule has 0 bridgehead atoms. The minimum absolute atomic E-state index is 0.305. The van der Waals surface area contributed by atoms with Crippen LogP contribution in [0.5, 0.6) is 0 Å². The van der Waals surface area contributed by atoms with E-state index in [0.717, 1.165) is 0 Å². The molecule has 12 heavy (non-hydrogen) atoms. The molecule has 0 spiro atoms. The van der Waals surface area contributed by atoms with Crippen LogP contribution in [-0.2, 0) is 4.74 Å². The normalized spacial score (nSPS) is 16.1. The van der Waals surface area contributed by atoms with Gasteiger partial charge >= 0.3 is 6.09 Å². The van der Waals surface area contributed by atoms with Gasteiger partial charge in [-0.25, -0.2) is 4.79 Å². The molecule has 0 aliphatic carbocycles. The van der Waals surface area contributed by atoms with Gasteiger partial charge in [-0.05, 0) is 20.8 Å².